The molecule has 24 heavy (non-hydrogen) atoms. The Bertz CT molecular complexity index is 387. The molecular weight excluding hydrogens is 298 g/mol. The fourth-order valence-corrected chi connectivity index (χ4v) is 3.02. The minimum Gasteiger partial charge on any atom is -0.341 e. The van der Waals surface area contributed by atoms with E-state index in [2.05, 4.69) is 23.8 Å². The third kappa shape index (κ3) is 9.09. The van der Waals surface area contributed by atoms with Gasteiger partial charge in [-0.3, -0.25) is 4.79 Å². The van der Waals surface area contributed by atoms with Crippen LogP contribution in [0.4, 0.5) is 0 Å². The van der Waals surface area contributed by atoms with Gasteiger partial charge in [-0.2, -0.15) is 0 Å². The molecule has 0 radical (unpaired) electrons. The van der Waals surface area contributed by atoms with Crippen LogP contribution in [-0.2, 0) is 0 Å². The van der Waals surface area contributed by atoms with Crippen molar-refractivity contribution in [3.8, 4) is 0 Å². The summed E-state index contributed by atoms with van der Waals surface area (Å²) in [7, 11) is 0. The molecule has 138 valence electrons. The molecule has 4 heteroatoms. The zero-order valence-corrected chi connectivity index (χ0v) is 15.9. The normalized spacial score (nSPS) is 10.9. The summed E-state index contributed by atoms with van der Waals surface area (Å²) in [6.07, 6.45) is 18.3. The Morgan fingerprint density at radius 1 is 0.875 bits per heavy atom. The maximum atomic E-state index is 12.6. The van der Waals surface area contributed by atoms with E-state index in [1.165, 1.54) is 64.2 Å². The summed E-state index contributed by atoms with van der Waals surface area (Å²) < 4.78 is 0. The second-order valence-corrected chi connectivity index (χ2v) is 6.79. The third-order valence-electron chi connectivity index (χ3n) is 4.58. The summed E-state index contributed by atoms with van der Waals surface area (Å²) >= 11 is 0. The van der Waals surface area contributed by atoms with Crippen molar-refractivity contribution in [1.29, 1.82) is 0 Å². The summed E-state index contributed by atoms with van der Waals surface area (Å²) in [4.78, 5) is 21.5. The van der Waals surface area contributed by atoms with Gasteiger partial charge in [-0.05, 0) is 12.8 Å². The summed E-state index contributed by atoms with van der Waals surface area (Å²) in [5.41, 5.74) is 0.618. The molecule has 0 saturated carbocycles. The Morgan fingerprint density at radius 2 is 1.38 bits per heavy atom. The van der Waals surface area contributed by atoms with Crippen LogP contribution >= 0.6 is 0 Å². The standard InChI is InChI=1S/C20H37N3O/c1-3-5-7-9-11-13-15-23(16-14-12-10-8-6-4-2)20(24)19-17-21-18-22-19/h17-18H,3-16H2,1-2H3,(H,21,22). The molecular formula is C20H37N3O. The second-order valence-electron chi connectivity index (χ2n) is 6.79. The van der Waals surface area contributed by atoms with Crippen LogP contribution < -0.4 is 0 Å². The van der Waals surface area contributed by atoms with Crippen LogP contribution in [0.1, 0.15) is 101 Å². The van der Waals surface area contributed by atoms with Gasteiger partial charge in [0.05, 0.1) is 12.5 Å². The maximum Gasteiger partial charge on any atom is 0.271 e. The van der Waals surface area contributed by atoms with Gasteiger partial charge < -0.3 is 9.88 Å². The first-order valence-electron chi connectivity index (χ1n) is 10.1. The van der Waals surface area contributed by atoms with Crippen LogP contribution in [0.15, 0.2) is 12.5 Å². The van der Waals surface area contributed by atoms with Crippen molar-refractivity contribution >= 4 is 5.91 Å². The molecule has 0 unspecified atom stereocenters. The van der Waals surface area contributed by atoms with Crippen molar-refractivity contribution in [3.63, 3.8) is 0 Å². The summed E-state index contributed by atoms with van der Waals surface area (Å²) in [5.74, 6) is 0.106. The van der Waals surface area contributed by atoms with E-state index < -0.39 is 0 Å². The fourth-order valence-electron chi connectivity index (χ4n) is 3.02. The Balaban J connectivity index is 2.31. The Kier molecular flexibility index (Phi) is 12.1. The molecule has 0 saturated heterocycles. The van der Waals surface area contributed by atoms with Gasteiger partial charge in [-0.25, -0.2) is 4.98 Å². The van der Waals surface area contributed by atoms with Crippen LogP contribution in [0.25, 0.3) is 0 Å². The predicted octanol–water partition coefficient (Wildman–Crippen LogP) is 5.57. The number of amides is 1. The first-order chi connectivity index (χ1) is 11.8. The Morgan fingerprint density at radius 3 is 1.83 bits per heavy atom. The van der Waals surface area contributed by atoms with Crippen molar-refractivity contribution in [1.82, 2.24) is 14.9 Å². The lowest BCUT2D eigenvalue weighted by Gasteiger charge is -2.22. The van der Waals surface area contributed by atoms with Gasteiger partial charge in [0.1, 0.15) is 5.69 Å². The number of hydrogen-bond donors (Lipinski definition) is 1. The number of carbonyl (C=O) groups is 1. The molecule has 0 spiro atoms. The van der Waals surface area contributed by atoms with Crippen molar-refractivity contribution in [2.45, 2.75) is 90.9 Å². The third-order valence-corrected chi connectivity index (χ3v) is 4.58. The van der Waals surface area contributed by atoms with Crippen molar-refractivity contribution < 1.29 is 4.79 Å². The van der Waals surface area contributed by atoms with Crippen LogP contribution in [0.2, 0.25) is 0 Å². The van der Waals surface area contributed by atoms with E-state index >= 15 is 0 Å². The van der Waals surface area contributed by atoms with E-state index in [0.29, 0.717) is 5.69 Å². The smallest absolute Gasteiger partial charge is 0.271 e. The Labute approximate surface area is 148 Å². The summed E-state index contributed by atoms with van der Waals surface area (Å²) in [6, 6.07) is 0. The first-order valence-corrected chi connectivity index (χ1v) is 10.1. The lowest BCUT2D eigenvalue weighted by molar-refractivity contribution is 0.0744. The number of aromatic nitrogens is 2. The maximum absolute atomic E-state index is 12.6. The van der Waals surface area contributed by atoms with Gasteiger partial charge in [0, 0.05) is 13.1 Å². The highest BCUT2D eigenvalue weighted by atomic mass is 16.2. The molecule has 0 atom stereocenters. The van der Waals surface area contributed by atoms with E-state index in [-0.39, 0.29) is 5.91 Å². The fraction of sp³-hybridized carbons (Fsp3) is 0.800. The van der Waals surface area contributed by atoms with Crippen LogP contribution in [0.3, 0.4) is 0 Å². The second kappa shape index (κ2) is 14.1. The number of nitrogens with one attached hydrogen (secondary N) is 1. The minimum absolute atomic E-state index is 0.106. The van der Waals surface area contributed by atoms with Gasteiger partial charge in [-0.1, -0.05) is 78.1 Å². The van der Waals surface area contributed by atoms with Crippen LogP contribution in [0.5, 0.6) is 0 Å². The minimum atomic E-state index is 0.106. The van der Waals surface area contributed by atoms with Crippen molar-refractivity contribution in [2.24, 2.45) is 0 Å². The molecule has 0 aliphatic heterocycles. The average molecular weight is 336 g/mol. The number of hydrogen-bond acceptors (Lipinski definition) is 2. The van der Waals surface area contributed by atoms with Gasteiger partial charge in [0.15, 0.2) is 0 Å². The average Bonchev–Trinajstić information content (AvgIpc) is 3.13. The van der Waals surface area contributed by atoms with Crippen molar-refractivity contribution in [2.75, 3.05) is 13.1 Å². The Hall–Kier alpha value is -1.32. The van der Waals surface area contributed by atoms with E-state index in [1.807, 2.05) is 4.90 Å². The van der Waals surface area contributed by atoms with E-state index in [4.69, 9.17) is 0 Å². The SMILES string of the molecule is CCCCCCCCN(CCCCCCCC)C(=O)c1cnc[nH]1. The molecule has 1 rings (SSSR count). The number of imidazole rings is 1. The molecule has 1 aromatic heterocycles. The summed E-state index contributed by atoms with van der Waals surface area (Å²) in [5, 5.41) is 0. The zero-order valence-electron chi connectivity index (χ0n) is 15.9. The van der Waals surface area contributed by atoms with Crippen molar-refractivity contribution in [3.05, 3.63) is 18.2 Å². The quantitative estimate of drug-likeness (QED) is 0.426. The largest absolute Gasteiger partial charge is 0.341 e. The number of rotatable bonds is 15. The highest BCUT2D eigenvalue weighted by Gasteiger charge is 2.16. The van der Waals surface area contributed by atoms with Gasteiger partial charge in [0.25, 0.3) is 5.91 Å². The topological polar surface area (TPSA) is 49.0 Å². The number of nitrogens with zero attached hydrogens (tertiary/aromatic N) is 2. The van der Waals surface area contributed by atoms with Gasteiger partial charge in [0.2, 0.25) is 0 Å². The molecule has 4 nitrogen and oxygen atoms in total. The molecule has 0 bridgehead atoms. The lowest BCUT2D eigenvalue weighted by Crippen LogP contribution is -2.33. The highest BCUT2D eigenvalue weighted by molar-refractivity contribution is 5.92. The molecule has 0 aromatic carbocycles. The van der Waals surface area contributed by atoms with E-state index in [9.17, 15) is 4.79 Å². The van der Waals surface area contributed by atoms with E-state index in [1.54, 1.807) is 12.5 Å². The summed E-state index contributed by atoms with van der Waals surface area (Å²) in [6.45, 7) is 6.23. The molecule has 1 N–H and O–H groups in total. The molecule has 0 aliphatic rings. The molecule has 1 amide bonds. The highest BCUT2D eigenvalue weighted by Crippen LogP contribution is 2.11. The first kappa shape index (κ1) is 20.7. The van der Waals surface area contributed by atoms with Crippen LogP contribution in [-0.4, -0.2) is 33.9 Å². The predicted molar refractivity (Wildman–Crippen MR) is 101 cm³/mol. The van der Waals surface area contributed by atoms with Crippen LogP contribution in [0, 0.1) is 0 Å². The molecule has 1 aromatic rings. The lowest BCUT2D eigenvalue weighted by atomic mass is 10.1. The number of H-pyrrole nitrogens is 1. The number of carbonyl (C=O) groups excluding carboxylic acids is 1. The monoisotopic (exact) mass is 335 g/mol. The molecule has 0 fully saturated rings. The molecule has 0 aliphatic carbocycles. The number of aromatic amines is 1. The number of unbranched alkanes of at least 4 members (excludes halogenated alkanes) is 10. The zero-order chi connectivity index (χ0) is 17.5. The van der Waals surface area contributed by atoms with Gasteiger partial charge in [-0.15, -0.1) is 0 Å². The molecule has 1 heterocycles. The van der Waals surface area contributed by atoms with E-state index in [0.717, 1.165) is 25.9 Å². The van der Waals surface area contributed by atoms with Gasteiger partial charge >= 0.3 is 0 Å².